The van der Waals surface area contributed by atoms with Gasteiger partial charge in [0.05, 0.1) is 12.3 Å². The maximum Gasteiger partial charge on any atom is 0.239 e. The molecule has 24 heavy (non-hydrogen) atoms. The summed E-state index contributed by atoms with van der Waals surface area (Å²) >= 11 is 2.17. The van der Waals surface area contributed by atoms with Gasteiger partial charge in [0, 0.05) is 9.26 Å². The van der Waals surface area contributed by atoms with Crippen LogP contribution >= 0.6 is 22.6 Å². The first kappa shape index (κ1) is 18.9. The number of carbonyl (C=O) groups excluding carboxylic acids is 1. The fourth-order valence-corrected chi connectivity index (χ4v) is 3.72. The van der Waals surface area contributed by atoms with E-state index in [1.54, 1.807) is 18.2 Å². The molecule has 0 aromatic heterocycles. The minimum absolute atomic E-state index is 0.131. The molecule has 7 heteroatoms. The normalized spacial score (nSPS) is 11.2. The molecule has 0 heterocycles. The van der Waals surface area contributed by atoms with Gasteiger partial charge in [-0.2, -0.15) is 0 Å². The van der Waals surface area contributed by atoms with E-state index >= 15 is 0 Å². The molecule has 2 N–H and O–H groups in total. The highest BCUT2D eigenvalue weighted by Gasteiger charge is 2.15. The van der Waals surface area contributed by atoms with Gasteiger partial charge in [0.2, 0.25) is 15.9 Å². The van der Waals surface area contributed by atoms with E-state index in [1.807, 2.05) is 37.3 Å². The van der Waals surface area contributed by atoms with Gasteiger partial charge in [-0.05, 0) is 64.4 Å². The lowest BCUT2D eigenvalue weighted by molar-refractivity contribution is -0.115. The molecule has 2 aromatic carbocycles. The smallest absolute Gasteiger partial charge is 0.239 e. The van der Waals surface area contributed by atoms with Gasteiger partial charge in [-0.3, -0.25) is 4.79 Å². The zero-order valence-corrected chi connectivity index (χ0v) is 16.2. The van der Waals surface area contributed by atoms with Crippen molar-refractivity contribution in [3.63, 3.8) is 0 Å². The van der Waals surface area contributed by atoms with Crippen molar-refractivity contribution in [1.82, 2.24) is 4.72 Å². The number of benzene rings is 2. The number of halogens is 1. The third kappa shape index (κ3) is 5.88. The average molecular weight is 458 g/mol. The predicted octanol–water partition coefficient (Wildman–Crippen LogP) is 2.91. The van der Waals surface area contributed by atoms with E-state index in [4.69, 9.17) is 0 Å². The SMILES string of the molecule is CCc1ccccc1CS(=O)(=O)NCC(=O)Nc1ccc(I)cc1. The van der Waals surface area contributed by atoms with Gasteiger partial charge >= 0.3 is 0 Å². The van der Waals surface area contributed by atoms with Crippen LogP contribution in [0.15, 0.2) is 48.5 Å². The van der Waals surface area contributed by atoms with E-state index in [-0.39, 0.29) is 12.3 Å². The van der Waals surface area contributed by atoms with E-state index in [0.29, 0.717) is 5.69 Å². The summed E-state index contributed by atoms with van der Waals surface area (Å²) in [5, 5.41) is 2.66. The maximum absolute atomic E-state index is 12.2. The van der Waals surface area contributed by atoms with Crippen molar-refractivity contribution < 1.29 is 13.2 Å². The van der Waals surface area contributed by atoms with Crippen LogP contribution in [-0.4, -0.2) is 20.9 Å². The lowest BCUT2D eigenvalue weighted by Crippen LogP contribution is -2.33. The fraction of sp³-hybridized carbons (Fsp3) is 0.235. The molecule has 0 saturated heterocycles. The van der Waals surface area contributed by atoms with Crippen LogP contribution in [0.4, 0.5) is 5.69 Å². The highest BCUT2D eigenvalue weighted by molar-refractivity contribution is 14.1. The predicted molar refractivity (Wildman–Crippen MR) is 104 cm³/mol. The Morgan fingerprint density at radius 3 is 2.29 bits per heavy atom. The van der Waals surface area contributed by atoms with Gasteiger partial charge < -0.3 is 5.32 Å². The van der Waals surface area contributed by atoms with Crippen LogP contribution in [0.3, 0.4) is 0 Å². The summed E-state index contributed by atoms with van der Waals surface area (Å²) in [7, 11) is -3.57. The largest absolute Gasteiger partial charge is 0.325 e. The van der Waals surface area contributed by atoms with Crippen molar-refractivity contribution in [1.29, 1.82) is 0 Å². The molecule has 5 nitrogen and oxygen atoms in total. The first-order valence-corrected chi connectivity index (χ1v) is 10.2. The zero-order chi connectivity index (χ0) is 17.6. The van der Waals surface area contributed by atoms with Gasteiger partial charge in [0.25, 0.3) is 0 Å². The molecule has 128 valence electrons. The molecule has 0 spiro atoms. The topological polar surface area (TPSA) is 75.3 Å². The van der Waals surface area contributed by atoms with E-state index in [9.17, 15) is 13.2 Å². The van der Waals surface area contributed by atoms with E-state index in [1.165, 1.54) is 0 Å². The molecule has 2 aromatic rings. The van der Waals surface area contributed by atoms with E-state index in [0.717, 1.165) is 21.1 Å². The number of rotatable bonds is 7. The number of anilines is 1. The standard InChI is InChI=1S/C17H19IN2O3S/c1-2-13-5-3-4-6-14(13)12-24(22,23)19-11-17(21)20-16-9-7-15(18)8-10-16/h3-10,19H,2,11-12H2,1H3,(H,20,21). The molecule has 0 unspecified atom stereocenters. The Bertz CT molecular complexity index is 805. The molecule has 1 amide bonds. The fourth-order valence-electron chi connectivity index (χ4n) is 2.21. The molecular weight excluding hydrogens is 439 g/mol. The molecule has 0 aliphatic carbocycles. The lowest BCUT2D eigenvalue weighted by Gasteiger charge is -2.10. The number of hydrogen-bond donors (Lipinski definition) is 2. The quantitative estimate of drug-likeness (QED) is 0.627. The number of hydrogen-bond acceptors (Lipinski definition) is 3. The van der Waals surface area contributed by atoms with E-state index < -0.39 is 15.9 Å². The van der Waals surface area contributed by atoms with Gasteiger partial charge in [-0.15, -0.1) is 0 Å². The summed E-state index contributed by atoms with van der Waals surface area (Å²) in [5.41, 5.74) is 2.38. The Kier molecular flexibility index (Phi) is 6.76. The Morgan fingerprint density at radius 2 is 1.67 bits per heavy atom. The molecular formula is C17H19IN2O3S. The number of sulfonamides is 1. The Labute approximate surface area is 156 Å². The third-order valence-corrected chi connectivity index (χ3v) is 5.42. The Balaban J connectivity index is 1.92. The van der Waals surface area contributed by atoms with Crippen LogP contribution in [0, 0.1) is 3.57 Å². The molecule has 0 saturated carbocycles. The van der Waals surface area contributed by atoms with Crippen LogP contribution in [0.5, 0.6) is 0 Å². The van der Waals surface area contributed by atoms with Crippen molar-refractivity contribution in [2.24, 2.45) is 0 Å². The van der Waals surface area contributed by atoms with Gasteiger partial charge in [-0.1, -0.05) is 31.2 Å². The zero-order valence-electron chi connectivity index (χ0n) is 13.3. The summed E-state index contributed by atoms with van der Waals surface area (Å²) in [6.07, 6.45) is 0.763. The number of amides is 1. The van der Waals surface area contributed by atoms with Crippen molar-refractivity contribution in [2.75, 3.05) is 11.9 Å². The Morgan fingerprint density at radius 1 is 1.04 bits per heavy atom. The van der Waals surface area contributed by atoms with Crippen LogP contribution in [0.1, 0.15) is 18.1 Å². The molecule has 0 aliphatic heterocycles. The summed E-state index contributed by atoms with van der Waals surface area (Å²) in [5.74, 6) is -0.531. The second kappa shape index (κ2) is 8.59. The minimum Gasteiger partial charge on any atom is -0.325 e. The van der Waals surface area contributed by atoms with E-state index in [2.05, 4.69) is 32.6 Å². The van der Waals surface area contributed by atoms with Crippen molar-refractivity contribution in [2.45, 2.75) is 19.1 Å². The Hall–Kier alpha value is -1.45. The molecule has 0 bridgehead atoms. The summed E-state index contributed by atoms with van der Waals surface area (Å²) in [4.78, 5) is 11.9. The molecule has 0 atom stereocenters. The van der Waals surface area contributed by atoms with Gasteiger partial charge in [0.1, 0.15) is 0 Å². The van der Waals surface area contributed by atoms with Crippen molar-refractivity contribution in [3.05, 3.63) is 63.2 Å². The maximum atomic E-state index is 12.2. The van der Waals surface area contributed by atoms with Gasteiger partial charge in [-0.25, -0.2) is 13.1 Å². The average Bonchev–Trinajstić information content (AvgIpc) is 2.55. The lowest BCUT2D eigenvalue weighted by atomic mass is 10.1. The molecule has 0 fully saturated rings. The monoisotopic (exact) mass is 458 g/mol. The number of nitrogens with one attached hydrogen (secondary N) is 2. The van der Waals surface area contributed by atoms with Crippen LogP contribution < -0.4 is 10.0 Å². The molecule has 0 aliphatic rings. The highest BCUT2D eigenvalue weighted by Crippen LogP contribution is 2.13. The second-order valence-corrected chi connectivity index (χ2v) is 8.31. The van der Waals surface area contributed by atoms with Crippen molar-refractivity contribution in [3.8, 4) is 0 Å². The number of carbonyl (C=O) groups is 1. The van der Waals surface area contributed by atoms with Gasteiger partial charge in [0.15, 0.2) is 0 Å². The third-order valence-electron chi connectivity index (χ3n) is 3.43. The summed E-state index contributed by atoms with van der Waals surface area (Å²) in [6, 6.07) is 14.7. The summed E-state index contributed by atoms with van der Waals surface area (Å²) < 4.78 is 27.8. The number of aryl methyl sites for hydroxylation is 1. The van der Waals surface area contributed by atoms with Crippen LogP contribution in [-0.2, 0) is 27.0 Å². The minimum atomic E-state index is -3.57. The molecule has 2 rings (SSSR count). The van der Waals surface area contributed by atoms with Crippen LogP contribution in [0.25, 0.3) is 0 Å². The molecule has 0 radical (unpaired) electrons. The second-order valence-electron chi connectivity index (χ2n) is 5.26. The summed E-state index contributed by atoms with van der Waals surface area (Å²) in [6.45, 7) is 1.69. The first-order valence-electron chi connectivity index (χ1n) is 7.49. The van der Waals surface area contributed by atoms with Crippen LogP contribution in [0.2, 0.25) is 0 Å². The first-order chi connectivity index (χ1) is 11.4. The van der Waals surface area contributed by atoms with Crippen molar-refractivity contribution >= 4 is 44.2 Å². The highest BCUT2D eigenvalue weighted by atomic mass is 127.